The van der Waals surface area contributed by atoms with E-state index in [1.807, 2.05) is 36.6 Å². The highest BCUT2D eigenvalue weighted by Gasteiger charge is 2.21. The van der Waals surface area contributed by atoms with Crippen molar-refractivity contribution in [2.75, 3.05) is 12.0 Å². The van der Waals surface area contributed by atoms with E-state index in [0.717, 1.165) is 5.56 Å². The monoisotopic (exact) mass is 410 g/mol. The number of nitrogens with two attached hydrogens (primary N) is 1. The van der Waals surface area contributed by atoms with Gasteiger partial charge in [-0.15, -0.1) is 10.2 Å². The molecule has 0 saturated carbocycles. The highest BCUT2D eigenvalue weighted by atomic mass is 32.2. The fraction of sp³-hybridized carbons (Fsp3) is 0.150. The smallest absolute Gasteiger partial charge is 0.195 e. The molecule has 2 aromatic heterocycles. The molecule has 9 heteroatoms. The Balaban J connectivity index is 1.70. The van der Waals surface area contributed by atoms with E-state index in [1.165, 1.54) is 28.6 Å². The third-order valence-electron chi connectivity index (χ3n) is 4.55. The van der Waals surface area contributed by atoms with Gasteiger partial charge in [0.1, 0.15) is 11.6 Å². The first-order valence-corrected chi connectivity index (χ1v) is 10.1. The summed E-state index contributed by atoms with van der Waals surface area (Å²) in [7, 11) is 0. The van der Waals surface area contributed by atoms with Gasteiger partial charge in [-0.3, -0.25) is 4.57 Å². The number of aliphatic hydroxyl groups excluding tert-OH is 1. The standard InChI is InChI=1S/C20H19FN6OS/c1-29-20-25-24-19(27(20)15-9-7-14(21)8-10-15)16-11-23-26(18(16)22)12-17(28)13-5-3-2-4-6-13/h2-11,17,28H,12,22H2,1H3. The Morgan fingerprint density at radius 1 is 1.10 bits per heavy atom. The lowest BCUT2D eigenvalue weighted by Crippen LogP contribution is -2.12. The number of nitrogen functional groups attached to an aromatic ring is 1. The van der Waals surface area contributed by atoms with E-state index in [-0.39, 0.29) is 12.4 Å². The summed E-state index contributed by atoms with van der Waals surface area (Å²) >= 11 is 1.42. The van der Waals surface area contributed by atoms with Gasteiger partial charge in [0.15, 0.2) is 11.0 Å². The van der Waals surface area contributed by atoms with E-state index in [0.29, 0.717) is 28.0 Å². The number of rotatable bonds is 6. The number of thioether (sulfide) groups is 1. The summed E-state index contributed by atoms with van der Waals surface area (Å²) in [5.74, 6) is 0.540. The van der Waals surface area contributed by atoms with E-state index in [4.69, 9.17) is 5.73 Å². The van der Waals surface area contributed by atoms with Gasteiger partial charge in [-0.2, -0.15) is 5.10 Å². The molecular formula is C20H19FN6OS. The maximum atomic E-state index is 13.4. The van der Waals surface area contributed by atoms with Crippen molar-refractivity contribution in [2.45, 2.75) is 17.8 Å². The van der Waals surface area contributed by atoms with Gasteiger partial charge < -0.3 is 10.8 Å². The zero-order valence-corrected chi connectivity index (χ0v) is 16.4. The minimum atomic E-state index is -0.747. The molecule has 148 valence electrons. The third kappa shape index (κ3) is 3.74. The van der Waals surface area contributed by atoms with Gasteiger partial charge in [-0.25, -0.2) is 9.07 Å². The number of hydrogen-bond acceptors (Lipinski definition) is 6. The molecule has 0 aliphatic carbocycles. The first kappa shape index (κ1) is 19.2. The van der Waals surface area contributed by atoms with Gasteiger partial charge in [0.25, 0.3) is 0 Å². The average Bonchev–Trinajstić information content (AvgIpc) is 3.32. The van der Waals surface area contributed by atoms with Crippen LogP contribution in [0.2, 0.25) is 0 Å². The molecule has 0 radical (unpaired) electrons. The summed E-state index contributed by atoms with van der Waals surface area (Å²) in [5, 5.41) is 23.9. The second-order valence-corrected chi connectivity index (χ2v) is 7.15. The summed E-state index contributed by atoms with van der Waals surface area (Å²) in [6.07, 6.45) is 2.74. The summed E-state index contributed by atoms with van der Waals surface area (Å²) in [4.78, 5) is 0. The molecule has 1 atom stereocenters. The highest BCUT2D eigenvalue weighted by molar-refractivity contribution is 7.98. The minimum Gasteiger partial charge on any atom is -0.386 e. The molecule has 0 fully saturated rings. The van der Waals surface area contributed by atoms with E-state index in [2.05, 4.69) is 15.3 Å². The van der Waals surface area contributed by atoms with Gasteiger partial charge in [-0.1, -0.05) is 42.1 Å². The number of nitrogens with zero attached hydrogens (tertiary/aromatic N) is 5. The predicted molar refractivity (Wildman–Crippen MR) is 110 cm³/mol. The summed E-state index contributed by atoms with van der Waals surface area (Å²) in [6, 6.07) is 15.4. The number of aliphatic hydroxyl groups is 1. The molecular weight excluding hydrogens is 391 g/mol. The van der Waals surface area contributed by atoms with Crippen molar-refractivity contribution in [3.05, 3.63) is 72.2 Å². The summed E-state index contributed by atoms with van der Waals surface area (Å²) in [6.45, 7) is 0.204. The quantitative estimate of drug-likeness (QED) is 0.474. The van der Waals surface area contributed by atoms with E-state index in [1.54, 1.807) is 22.9 Å². The van der Waals surface area contributed by atoms with E-state index in [9.17, 15) is 9.50 Å². The third-order valence-corrected chi connectivity index (χ3v) is 5.18. The molecule has 0 aliphatic rings. The average molecular weight is 410 g/mol. The van der Waals surface area contributed by atoms with Crippen molar-refractivity contribution in [1.29, 1.82) is 0 Å². The normalized spacial score (nSPS) is 12.2. The Kier molecular flexibility index (Phi) is 5.32. The molecule has 2 heterocycles. The van der Waals surface area contributed by atoms with Gasteiger partial charge in [-0.05, 0) is 36.1 Å². The zero-order chi connectivity index (χ0) is 20.4. The molecule has 0 saturated heterocycles. The number of aromatic nitrogens is 5. The molecule has 0 aliphatic heterocycles. The fourth-order valence-electron chi connectivity index (χ4n) is 3.06. The Labute approximate surface area is 171 Å². The molecule has 3 N–H and O–H groups in total. The molecule has 4 aromatic rings. The molecule has 0 spiro atoms. The Morgan fingerprint density at radius 3 is 2.52 bits per heavy atom. The fourth-order valence-corrected chi connectivity index (χ4v) is 3.55. The number of benzene rings is 2. The zero-order valence-electron chi connectivity index (χ0n) is 15.6. The van der Waals surface area contributed by atoms with Crippen LogP contribution in [0, 0.1) is 5.82 Å². The van der Waals surface area contributed by atoms with Crippen LogP contribution in [0.1, 0.15) is 11.7 Å². The lowest BCUT2D eigenvalue weighted by atomic mass is 10.1. The molecule has 1 unspecified atom stereocenters. The number of hydrogen-bond donors (Lipinski definition) is 2. The van der Waals surface area contributed by atoms with Crippen LogP contribution in [0.25, 0.3) is 17.1 Å². The minimum absolute atomic E-state index is 0.204. The van der Waals surface area contributed by atoms with Gasteiger partial charge in [0.05, 0.1) is 24.4 Å². The predicted octanol–water partition coefficient (Wildman–Crippen LogP) is 3.31. The SMILES string of the molecule is CSc1nnc(-c2cnn(CC(O)c3ccccc3)c2N)n1-c1ccc(F)cc1. The second-order valence-electron chi connectivity index (χ2n) is 6.37. The largest absolute Gasteiger partial charge is 0.386 e. The summed E-state index contributed by atoms with van der Waals surface area (Å²) < 4.78 is 16.7. The van der Waals surface area contributed by atoms with Crippen LogP contribution in [0.15, 0.2) is 66.0 Å². The van der Waals surface area contributed by atoms with E-state index < -0.39 is 6.10 Å². The molecule has 0 bridgehead atoms. The van der Waals surface area contributed by atoms with Crippen molar-refractivity contribution in [3.63, 3.8) is 0 Å². The lowest BCUT2D eigenvalue weighted by molar-refractivity contribution is 0.152. The van der Waals surface area contributed by atoms with Crippen LogP contribution in [0.4, 0.5) is 10.2 Å². The Bertz CT molecular complexity index is 1110. The van der Waals surface area contributed by atoms with Crippen LogP contribution >= 0.6 is 11.8 Å². The van der Waals surface area contributed by atoms with Crippen molar-refractivity contribution in [2.24, 2.45) is 0 Å². The number of halogens is 1. The molecule has 2 aromatic carbocycles. The summed E-state index contributed by atoms with van der Waals surface area (Å²) in [5.41, 5.74) is 8.41. The molecule has 7 nitrogen and oxygen atoms in total. The first-order valence-electron chi connectivity index (χ1n) is 8.88. The lowest BCUT2D eigenvalue weighted by Gasteiger charge is -2.13. The van der Waals surface area contributed by atoms with Crippen molar-refractivity contribution >= 4 is 17.6 Å². The Hall–Kier alpha value is -3.17. The second kappa shape index (κ2) is 8.06. The molecule has 0 amide bonds. The molecule has 4 rings (SSSR count). The van der Waals surface area contributed by atoms with Crippen molar-refractivity contribution < 1.29 is 9.50 Å². The van der Waals surface area contributed by atoms with Crippen LogP contribution < -0.4 is 5.73 Å². The topological polar surface area (TPSA) is 94.8 Å². The number of anilines is 1. The van der Waals surface area contributed by atoms with Crippen molar-refractivity contribution in [1.82, 2.24) is 24.5 Å². The van der Waals surface area contributed by atoms with Gasteiger partial charge in [0, 0.05) is 5.69 Å². The van der Waals surface area contributed by atoms with Crippen LogP contribution in [0.3, 0.4) is 0 Å². The highest BCUT2D eigenvalue weighted by Crippen LogP contribution is 2.31. The van der Waals surface area contributed by atoms with Crippen LogP contribution in [-0.2, 0) is 6.54 Å². The maximum Gasteiger partial charge on any atom is 0.195 e. The van der Waals surface area contributed by atoms with E-state index >= 15 is 0 Å². The molecule has 29 heavy (non-hydrogen) atoms. The Morgan fingerprint density at radius 2 is 1.83 bits per heavy atom. The first-order chi connectivity index (χ1) is 14.1. The van der Waals surface area contributed by atoms with Crippen molar-refractivity contribution in [3.8, 4) is 17.1 Å². The van der Waals surface area contributed by atoms with Gasteiger partial charge >= 0.3 is 0 Å². The van der Waals surface area contributed by atoms with Crippen LogP contribution in [-0.4, -0.2) is 35.9 Å². The maximum absolute atomic E-state index is 13.4. The van der Waals surface area contributed by atoms with Crippen LogP contribution in [0.5, 0.6) is 0 Å². The van der Waals surface area contributed by atoms with Gasteiger partial charge in [0.2, 0.25) is 0 Å².